The van der Waals surface area contributed by atoms with Crippen molar-refractivity contribution >= 4 is 39.1 Å². The average Bonchev–Trinajstić information content (AvgIpc) is 2.99. The van der Waals surface area contributed by atoms with Gasteiger partial charge in [0.1, 0.15) is 10.6 Å². The number of thioether (sulfide) groups is 1. The Bertz CT molecular complexity index is 978. The first-order valence-corrected chi connectivity index (χ1v) is 9.23. The van der Waals surface area contributed by atoms with Crippen LogP contribution in [0.1, 0.15) is 27.7 Å². The number of hydrogen-bond acceptors (Lipinski definition) is 5. The van der Waals surface area contributed by atoms with Crippen molar-refractivity contribution in [3.05, 3.63) is 56.4 Å². The second-order valence-corrected chi connectivity index (χ2v) is 7.41. The summed E-state index contributed by atoms with van der Waals surface area (Å²) < 4.78 is 13.3. The van der Waals surface area contributed by atoms with Crippen LogP contribution in [0.5, 0.6) is 0 Å². The highest BCUT2D eigenvalue weighted by Gasteiger charge is 2.12. The highest BCUT2D eigenvalue weighted by Crippen LogP contribution is 2.24. The molecule has 0 fully saturated rings. The van der Waals surface area contributed by atoms with E-state index in [0.29, 0.717) is 26.5 Å². The number of H-pyrrole nitrogens is 1. The zero-order chi connectivity index (χ0) is 17.3. The molecule has 0 unspecified atom stereocenters. The Kier molecular flexibility index (Phi) is 4.82. The number of aromatic amines is 1. The summed E-state index contributed by atoms with van der Waals surface area (Å²) in [6, 6.07) is 6.14. The molecule has 7 heteroatoms. The first kappa shape index (κ1) is 16.9. The van der Waals surface area contributed by atoms with E-state index in [-0.39, 0.29) is 22.9 Å². The van der Waals surface area contributed by atoms with Crippen molar-refractivity contribution in [2.24, 2.45) is 0 Å². The van der Waals surface area contributed by atoms with Gasteiger partial charge in [-0.15, -0.1) is 11.3 Å². The van der Waals surface area contributed by atoms with Gasteiger partial charge in [-0.25, -0.2) is 9.37 Å². The number of Topliss-reactive ketones (excluding diaryl/α,β-unsaturated/α-hetero) is 1. The first-order valence-electron chi connectivity index (χ1n) is 7.43. The lowest BCUT2D eigenvalue weighted by Gasteiger charge is -2.03. The maximum atomic E-state index is 13.3. The smallest absolute Gasteiger partial charge is 0.260 e. The third kappa shape index (κ3) is 3.42. The summed E-state index contributed by atoms with van der Waals surface area (Å²) in [5.41, 5.74) is 0.697. The molecule has 0 bridgehead atoms. The molecule has 1 aromatic carbocycles. The van der Waals surface area contributed by atoms with E-state index >= 15 is 0 Å². The largest absolute Gasteiger partial charge is 0.301 e. The molecule has 24 heavy (non-hydrogen) atoms. The quantitative estimate of drug-likeness (QED) is 0.424. The highest BCUT2D eigenvalue weighted by molar-refractivity contribution is 7.99. The summed E-state index contributed by atoms with van der Waals surface area (Å²) in [6.45, 7) is 3.65. The number of hydrogen-bond donors (Lipinski definition) is 1. The number of carbonyl (C=O) groups excluding carboxylic acids is 1. The Labute approximate surface area is 146 Å². The van der Waals surface area contributed by atoms with E-state index in [9.17, 15) is 14.0 Å². The molecule has 124 valence electrons. The number of thiophene rings is 1. The fourth-order valence-electron chi connectivity index (χ4n) is 2.24. The van der Waals surface area contributed by atoms with Crippen LogP contribution in [0.4, 0.5) is 4.39 Å². The summed E-state index contributed by atoms with van der Waals surface area (Å²) in [4.78, 5) is 33.2. The number of aromatic nitrogens is 2. The molecule has 0 aliphatic heterocycles. The molecule has 0 aliphatic carbocycles. The zero-order valence-corrected chi connectivity index (χ0v) is 14.8. The van der Waals surface area contributed by atoms with Gasteiger partial charge in [0.15, 0.2) is 10.9 Å². The second-order valence-electron chi connectivity index (χ2n) is 5.33. The topological polar surface area (TPSA) is 62.8 Å². The number of halogens is 1. The maximum absolute atomic E-state index is 13.3. The first-order chi connectivity index (χ1) is 11.5. The lowest BCUT2D eigenvalue weighted by Crippen LogP contribution is -2.09. The lowest BCUT2D eigenvalue weighted by molar-refractivity contribution is 0.102. The van der Waals surface area contributed by atoms with Gasteiger partial charge in [-0.2, -0.15) is 0 Å². The molecular weight excluding hydrogens is 347 g/mol. The Morgan fingerprint density at radius 3 is 2.88 bits per heavy atom. The number of rotatable bonds is 5. The van der Waals surface area contributed by atoms with Crippen LogP contribution in [0.2, 0.25) is 0 Å². The van der Waals surface area contributed by atoms with Gasteiger partial charge in [-0.1, -0.05) is 18.7 Å². The van der Waals surface area contributed by atoms with E-state index in [1.807, 2.05) is 13.0 Å². The number of aryl methyl sites for hydroxylation is 2. The van der Waals surface area contributed by atoms with E-state index in [2.05, 4.69) is 9.97 Å². The number of carbonyl (C=O) groups is 1. The number of benzene rings is 1. The SMILES string of the molecule is CCc1cc2c(=O)[nH]c(SCC(=O)c3ccc(F)c(C)c3)nc2s1. The minimum atomic E-state index is -0.333. The standard InChI is InChI=1S/C17H15FN2O2S2/c1-3-11-7-12-15(22)19-17(20-16(12)24-11)23-8-14(21)10-4-5-13(18)9(2)6-10/h4-7H,3,8H2,1-2H3,(H,19,20,22). The minimum Gasteiger partial charge on any atom is -0.301 e. The Morgan fingerprint density at radius 2 is 2.17 bits per heavy atom. The van der Waals surface area contributed by atoms with Gasteiger partial charge in [0.05, 0.1) is 11.1 Å². The summed E-state index contributed by atoms with van der Waals surface area (Å²) in [6.07, 6.45) is 0.853. The Hall–Kier alpha value is -1.99. The van der Waals surface area contributed by atoms with E-state index in [1.165, 1.54) is 41.3 Å². The van der Waals surface area contributed by atoms with Crippen LogP contribution in [0.15, 0.2) is 34.2 Å². The Balaban J connectivity index is 1.78. The number of nitrogens with one attached hydrogen (secondary N) is 1. The Morgan fingerprint density at radius 1 is 1.38 bits per heavy atom. The molecule has 2 aromatic heterocycles. The van der Waals surface area contributed by atoms with E-state index in [4.69, 9.17) is 0 Å². The predicted molar refractivity (Wildman–Crippen MR) is 95.8 cm³/mol. The van der Waals surface area contributed by atoms with Crippen LogP contribution in [0, 0.1) is 12.7 Å². The highest BCUT2D eigenvalue weighted by atomic mass is 32.2. The summed E-state index contributed by atoms with van der Waals surface area (Å²) >= 11 is 2.66. The van der Waals surface area contributed by atoms with Gasteiger partial charge < -0.3 is 4.98 Å². The van der Waals surface area contributed by atoms with Gasteiger partial charge in [0.2, 0.25) is 0 Å². The van der Waals surface area contributed by atoms with Crippen molar-refractivity contribution in [2.45, 2.75) is 25.4 Å². The van der Waals surface area contributed by atoms with Crippen molar-refractivity contribution in [1.29, 1.82) is 0 Å². The van der Waals surface area contributed by atoms with E-state index in [1.54, 1.807) is 6.92 Å². The molecule has 0 amide bonds. The van der Waals surface area contributed by atoms with Crippen LogP contribution in [-0.4, -0.2) is 21.5 Å². The molecule has 3 rings (SSSR count). The normalized spacial score (nSPS) is 11.1. The third-order valence-electron chi connectivity index (χ3n) is 3.60. The number of fused-ring (bicyclic) bond motifs is 1. The molecule has 0 spiro atoms. The average molecular weight is 362 g/mol. The predicted octanol–water partition coefficient (Wildman–Crippen LogP) is 3.97. The molecule has 0 radical (unpaired) electrons. The molecule has 1 N–H and O–H groups in total. The van der Waals surface area contributed by atoms with Crippen LogP contribution in [0.3, 0.4) is 0 Å². The van der Waals surface area contributed by atoms with Crippen molar-refractivity contribution < 1.29 is 9.18 Å². The molecule has 0 atom stereocenters. The van der Waals surface area contributed by atoms with Crippen molar-refractivity contribution in [3.8, 4) is 0 Å². The zero-order valence-electron chi connectivity index (χ0n) is 13.2. The van der Waals surface area contributed by atoms with Crippen molar-refractivity contribution in [2.75, 3.05) is 5.75 Å². The molecule has 3 aromatic rings. The van der Waals surface area contributed by atoms with Crippen LogP contribution in [0.25, 0.3) is 10.2 Å². The number of nitrogens with zero attached hydrogens (tertiary/aromatic N) is 1. The van der Waals surface area contributed by atoms with Gasteiger partial charge >= 0.3 is 0 Å². The third-order valence-corrected chi connectivity index (χ3v) is 5.65. The number of ketones is 1. The molecule has 2 heterocycles. The molecule has 0 saturated heterocycles. The van der Waals surface area contributed by atoms with Crippen LogP contribution >= 0.6 is 23.1 Å². The van der Waals surface area contributed by atoms with E-state index in [0.717, 1.165) is 11.3 Å². The van der Waals surface area contributed by atoms with Crippen molar-refractivity contribution in [3.63, 3.8) is 0 Å². The second kappa shape index (κ2) is 6.86. The molecule has 4 nitrogen and oxygen atoms in total. The van der Waals surface area contributed by atoms with Gasteiger partial charge in [-0.3, -0.25) is 9.59 Å². The molecule has 0 saturated carbocycles. The van der Waals surface area contributed by atoms with Crippen LogP contribution < -0.4 is 5.56 Å². The van der Waals surface area contributed by atoms with Crippen molar-refractivity contribution in [1.82, 2.24) is 9.97 Å². The molecular formula is C17H15FN2O2S2. The summed E-state index contributed by atoms with van der Waals surface area (Å²) in [5, 5.41) is 1.01. The maximum Gasteiger partial charge on any atom is 0.260 e. The van der Waals surface area contributed by atoms with Gasteiger partial charge in [0.25, 0.3) is 5.56 Å². The summed E-state index contributed by atoms with van der Waals surface area (Å²) in [5.74, 6) is -0.336. The van der Waals surface area contributed by atoms with Gasteiger partial charge in [-0.05, 0) is 43.2 Å². The fraction of sp³-hybridized carbons (Fsp3) is 0.235. The lowest BCUT2D eigenvalue weighted by atomic mass is 10.1. The van der Waals surface area contributed by atoms with Crippen LogP contribution in [-0.2, 0) is 6.42 Å². The van der Waals surface area contributed by atoms with Gasteiger partial charge in [0, 0.05) is 10.4 Å². The fourth-order valence-corrected chi connectivity index (χ4v) is 4.02. The minimum absolute atomic E-state index is 0.130. The monoisotopic (exact) mass is 362 g/mol. The molecule has 0 aliphatic rings. The summed E-state index contributed by atoms with van der Waals surface area (Å²) in [7, 11) is 0. The van der Waals surface area contributed by atoms with E-state index < -0.39 is 0 Å².